The van der Waals surface area contributed by atoms with Crippen molar-refractivity contribution in [3.05, 3.63) is 6.33 Å². The Morgan fingerprint density at radius 2 is 2.25 bits per heavy atom. The molecule has 0 bridgehead atoms. The molecule has 0 aromatic carbocycles. The van der Waals surface area contributed by atoms with Gasteiger partial charge < -0.3 is 26.0 Å². The monoisotopic (exact) mass is 338 g/mol. The molecule has 1 aliphatic heterocycles. The van der Waals surface area contributed by atoms with Crippen LogP contribution in [0.1, 0.15) is 25.5 Å². The number of anilines is 2. The van der Waals surface area contributed by atoms with Gasteiger partial charge in [0, 0.05) is 12.5 Å². The van der Waals surface area contributed by atoms with Crippen molar-refractivity contribution in [3.8, 4) is 0 Å². The highest BCUT2D eigenvalue weighted by Gasteiger charge is 2.49. The predicted octanol–water partition coefficient (Wildman–Crippen LogP) is -0.0368. The highest BCUT2D eigenvalue weighted by Crippen LogP contribution is 2.39. The minimum Gasteiger partial charge on any atom is -0.393 e. The maximum Gasteiger partial charge on any atom is 0.224 e. The SMILES string of the molecule is Nc1nc(NC2CC2)c2ncn([C@H]3C[C@H](O)[C@](CO)(CF)O3)c2n1. The van der Waals surface area contributed by atoms with E-state index in [0.717, 1.165) is 12.8 Å². The van der Waals surface area contributed by atoms with Gasteiger partial charge in [0.25, 0.3) is 0 Å². The van der Waals surface area contributed by atoms with Crippen LogP contribution >= 0.6 is 0 Å². The van der Waals surface area contributed by atoms with Crippen molar-refractivity contribution in [2.24, 2.45) is 0 Å². The van der Waals surface area contributed by atoms with Crippen molar-refractivity contribution in [2.45, 2.75) is 43.2 Å². The fraction of sp³-hybridized carbons (Fsp3) is 0.643. The number of halogens is 1. The van der Waals surface area contributed by atoms with E-state index in [1.807, 2.05) is 0 Å². The van der Waals surface area contributed by atoms with Crippen molar-refractivity contribution in [2.75, 3.05) is 24.3 Å². The average Bonchev–Trinajstić information content (AvgIpc) is 3.17. The van der Waals surface area contributed by atoms with Gasteiger partial charge in [0.1, 0.15) is 18.5 Å². The number of hydrogen-bond donors (Lipinski definition) is 4. The Morgan fingerprint density at radius 1 is 1.46 bits per heavy atom. The molecule has 10 heteroatoms. The number of rotatable bonds is 5. The van der Waals surface area contributed by atoms with Crippen LogP contribution in [0.2, 0.25) is 0 Å². The minimum absolute atomic E-state index is 0.0878. The largest absolute Gasteiger partial charge is 0.393 e. The molecular formula is C14H19FN6O3. The number of nitrogens with zero attached hydrogens (tertiary/aromatic N) is 4. The zero-order valence-electron chi connectivity index (χ0n) is 12.9. The van der Waals surface area contributed by atoms with Crippen molar-refractivity contribution >= 4 is 22.9 Å². The summed E-state index contributed by atoms with van der Waals surface area (Å²) >= 11 is 0. The normalized spacial score (nSPS) is 30.1. The molecule has 24 heavy (non-hydrogen) atoms. The number of aliphatic hydroxyl groups is 2. The molecule has 2 aromatic heterocycles. The van der Waals surface area contributed by atoms with Crippen LogP contribution in [0.3, 0.4) is 0 Å². The van der Waals surface area contributed by atoms with Gasteiger partial charge in [-0.05, 0) is 12.8 Å². The van der Waals surface area contributed by atoms with E-state index < -0.39 is 31.2 Å². The van der Waals surface area contributed by atoms with E-state index in [9.17, 15) is 14.6 Å². The summed E-state index contributed by atoms with van der Waals surface area (Å²) in [6.45, 7) is -1.60. The molecule has 3 heterocycles. The number of nitrogens with two attached hydrogens (primary N) is 1. The average molecular weight is 338 g/mol. The lowest BCUT2D eigenvalue weighted by molar-refractivity contribution is -0.136. The number of hydrogen-bond acceptors (Lipinski definition) is 8. The Morgan fingerprint density at radius 3 is 2.88 bits per heavy atom. The summed E-state index contributed by atoms with van der Waals surface area (Å²) in [5, 5.41) is 22.7. The molecule has 4 rings (SSSR count). The fourth-order valence-corrected chi connectivity index (χ4v) is 2.94. The first-order chi connectivity index (χ1) is 11.6. The summed E-state index contributed by atoms with van der Waals surface area (Å²) in [6, 6.07) is 0.366. The molecule has 1 saturated carbocycles. The van der Waals surface area contributed by atoms with Gasteiger partial charge in [0.2, 0.25) is 5.95 Å². The third kappa shape index (κ3) is 2.38. The lowest BCUT2D eigenvalue weighted by Gasteiger charge is -2.26. The number of aliphatic hydroxyl groups excluding tert-OH is 2. The first-order valence-electron chi connectivity index (χ1n) is 7.85. The highest BCUT2D eigenvalue weighted by atomic mass is 19.1. The number of ether oxygens (including phenoxy) is 1. The third-order valence-corrected chi connectivity index (χ3v) is 4.56. The molecule has 0 amide bonds. The maximum atomic E-state index is 13.3. The lowest BCUT2D eigenvalue weighted by Crippen LogP contribution is -2.45. The maximum absolute atomic E-state index is 13.3. The molecule has 0 unspecified atom stereocenters. The smallest absolute Gasteiger partial charge is 0.224 e. The Balaban J connectivity index is 1.71. The topological polar surface area (TPSA) is 131 Å². The summed E-state index contributed by atoms with van der Waals surface area (Å²) in [5.74, 6) is 0.640. The molecule has 1 saturated heterocycles. The van der Waals surface area contributed by atoms with Gasteiger partial charge in [0.15, 0.2) is 17.0 Å². The van der Waals surface area contributed by atoms with Crippen LogP contribution in [0.5, 0.6) is 0 Å². The van der Waals surface area contributed by atoms with Gasteiger partial charge in [-0.2, -0.15) is 9.97 Å². The van der Waals surface area contributed by atoms with E-state index in [1.54, 1.807) is 4.57 Å². The van der Waals surface area contributed by atoms with E-state index in [-0.39, 0.29) is 12.4 Å². The molecule has 2 fully saturated rings. The van der Waals surface area contributed by atoms with Crippen molar-refractivity contribution < 1.29 is 19.3 Å². The van der Waals surface area contributed by atoms with E-state index >= 15 is 0 Å². The Bertz CT molecular complexity index is 760. The molecular weight excluding hydrogens is 319 g/mol. The van der Waals surface area contributed by atoms with Crippen LogP contribution in [-0.4, -0.2) is 60.8 Å². The molecule has 0 radical (unpaired) electrons. The van der Waals surface area contributed by atoms with Crippen molar-refractivity contribution in [3.63, 3.8) is 0 Å². The minimum atomic E-state index is -1.62. The van der Waals surface area contributed by atoms with Gasteiger partial charge >= 0.3 is 0 Å². The van der Waals surface area contributed by atoms with E-state index in [1.165, 1.54) is 6.33 Å². The molecule has 0 spiro atoms. The predicted molar refractivity (Wildman–Crippen MR) is 82.9 cm³/mol. The Labute approximate surface area is 136 Å². The Hall–Kier alpha value is -2.04. The van der Waals surface area contributed by atoms with Crippen molar-refractivity contribution in [1.82, 2.24) is 19.5 Å². The molecule has 130 valence electrons. The number of alkyl halides is 1. The zero-order chi connectivity index (χ0) is 16.9. The zero-order valence-corrected chi connectivity index (χ0v) is 12.9. The van der Waals surface area contributed by atoms with Crippen molar-refractivity contribution in [1.29, 1.82) is 0 Å². The van der Waals surface area contributed by atoms with Crippen LogP contribution < -0.4 is 11.1 Å². The van der Waals surface area contributed by atoms with Gasteiger partial charge in [0.05, 0.1) is 19.0 Å². The second kappa shape index (κ2) is 5.50. The lowest BCUT2D eigenvalue weighted by atomic mass is 10.00. The number of nitrogens with one attached hydrogen (secondary N) is 1. The summed E-state index contributed by atoms with van der Waals surface area (Å²) in [5.41, 5.74) is 5.15. The highest BCUT2D eigenvalue weighted by molar-refractivity contribution is 5.84. The summed E-state index contributed by atoms with van der Waals surface area (Å²) in [4.78, 5) is 12.7. The molecule has 2 aliphatic rings. The van der Waals surface area contributed by atoms with Gasteiger partial charge in [-0.3, -0.25) is 4.57 Å². The van der Waals surface area contributed by atoms with E-state index in [0.29, 0.717) is 23.0 Å². The van der Waals surface area contributed by atoms with Crippen LogP contribution in [0.15, 0.2) is 6.33 Å². The summed E-state index contributed by atoms with van der Waals surface area (Å²) < 4.78 is 20.5. The molecule has 9 nitrogen and oxygen atoms in total. The number of nitrogen functional groups attached to an aromatic ring is 1. The van der Waals surface area contributed by atoms with Crippen LogP contribution in [0, 0.1) is 0 Å². The fourth-order valence-electron chi connectivity index (χ4n) is 2.94. The molecule has 5 N–H and O–H groups in total. The van der Waals surface area contributed by atoms with Gasteiger partial charge in [-0.15, -0.1) is 0 Å². The molecule has 2 aromatic rings. The van der Waals surface area contributed by atoms with E-state index in [2.05, 4.69) is 20.3 Å². The quantitative estimate of drug-likeness (QED) is 0.597. The number of aromatic nitrogens is 4. The standard InChI is InChI=1S/C14H19FN6O3/c15-4-14(5-22)8(23)3-9(24-14)21-6-17-10-11(18-7-1-2-7)19-13(16)20-12(10)21/h6-9,22-23H,1-5H2,(H3,16,18,19,20)/t8-,9+,14+/m0/s1. The van der Waals surface area contributed by atoms with Crippen LogP contribution in [-0.2, 0) is 4.74 Å². The molecule has 3 atom stereocenters. The van der Waals surface area contributed by atoms with Crippen LogP contribution in [0.4, 0.5) is 16.2 Å². The first-order valence-corrected chi connectivity index (χ1v) is 7.85. The van der Waals surface area contributed by atoms with Crippen LogP contribution in [0.25, 0.3) is 11.2 Å². The summed E-state index contributed by atoms with van der Waals surface area (Å²) in [7, 11) is 0. The van der Waals surface area contributed by atoms with Gasteiger partial charge in [-0.1, -0.05) is 0 Å². The first kappa shape index (κ1) is 15.5. The summed E-state index contributed by atoms with van der Waals surface area (Å²) in [6.07, 6.45) is 1.93. The molecule has 1 aliphatic carbocycles. The number of imidazole rings is 1. The second-order valence-electron chi connectivity index (χ2n) is 6.35. The van der Waals surface area contributed by atoms with E-state index in [4.69, 9.17) is 10.5 Å². The third-order valence-electron chi connectivity index (χ3n) is 4.56. The Kier molecular flexibility index (Phi) is 3.55. The van der Waals surface area contributed by atoms with Gasteiger partial charge in [-0.25, -0.2) is 9.37 Å². The number of fused-ring (bicyclic) bond motifs is 1. The second-order valence-corrected chi connectivity index (χ2v) is 6.35.